The zero-order valence-electron chi connectivity index (χ0n) is 19.3. The molecule has 1 unspecified atom stereocenters. The molecular weight excluding hydrogens is 448 g/mol. The molecule has 0 radical (unpaired) electrons. The first-order valence-corrected chi connectivity index (χ1v) is 10.8. The topological polar surface area (TPSA) is 118 Å². The number of ether oxygens (including phenoxy) is 2. The Morgan fingerprint density at radius 2 is 1.77 bits per heavy atom. The lowest BCUT2D eigenvalue weighted by molar-refractivity contribution is -0.132. The fourth-order valence-corrected chi connectivity index (χ4v) is 4.31. The van der Waals surface area contributed by atoms with E-state index in [1.165, 1.54) is 19.1 Å². The van der Waals surface area contributed by atoms with Gasteiger partial charge in [0.1, 0.15) is 28.9 Å². The van der Waals surface area contributed by atoms with Gasteiger partial charge in [0.05, 0.1) is 36.5 Å². The number of hydrogen-bond donors (Lipinski definition) is 2. The first-order chi connectivity index (χ1) is 16.9. The highest BCUT2D eigenvalue weighted by atomic mass is 16.5. The van der Waals surface area contributed by atoms with Crippen molar-refractivity contribution in [3.63, 3.8) is 0 Å². The largest absolute Gasteiger partial charge is 0.506 e. The van der Waals surface area contributed by atoms with Crippen LogP contribution in [0.3, 0.4) is 0 Å². The summed E-state index contributed by atoms with van der Waals surface area (Å²) < 4.78 is 10.8. The van der Waals surface area contributed by atoms with E-state index in [-0.39, 0.29) is 28.6 Å². The number of methoxy groups -OCH3 is 2. The number of Topliss-reactive ketones (excluding diaryl/α,β-unsaturated/α-hetero) is 1. The van der Waals surface area contributed by atoms with Crippen molar-refractivity contribution in [2.45, 2.75) is 13.0 Å². The number of aryl methyl sites for hydroxylation is 1. The van der Waals surface area contributed by atoms with Crippen LogP contribution in [0.4, 0.5) is 5.95 Å². The van der Waals surface area contributed by atoms with E-state index in [0.717, 1.165) is 5.56 Å². The highest BCUT2D eigenvalue weighted by molar-refractivity contribution is 6.51. The van der Waals surface area contributed by atoms with Crippen LogP contribution >= 0.6 is 0 Å². The number of H-pyrrole nitrogens is 1. The number of aliphatic hydroxyl groups is 1. The van der Waals surface area contributed by atoms with E-state index in [4.69, 9.17) is 9.47 Å². The summed E-state index contributed by atoms with van der Waals surface area (Å²) in [6, 6.07) is 14.7. The lowest BCUT2D eigenvalue weighted by Gasteiger charge is -2.22. The van der Waals surface area contributed by atoms with Crippen LogP contribution in [0.25, 0.3) is 16.8 Å². The molecule has 9 nitrogen and oxygen atoms in total. The fraction of sp³-hybridized carbons (Fsp3) is 0.154. The molecule has 0 spiro atoms. The van der Waals surface area contributed by atoms with Crippen molar-refractivity contribution in [1.82, 2.24) is 15.0 Å². The van der Waals surface area contributed by atoms with Crippen LogP contribution in [-0.4, -0.2) is 46.0 Å². The molecule has 0 bridgehead atoms. The fourth-order valence-electron chi connectivity index (χ4n) is 4.31. The van der Waals surface area contributed by atoms with Crippen LogP contribution in [0.5, 0.6) is 11.5 Å². The Hall–Kier alpha value is -4.66. The van der Waals surface area contributed by atoms with Crippen molar-refractivity contribution in [2.75, 3.05) is 19.1 Å². The highest BCUT2D eigenvalue weighted by Crippen LogP contribution is 2.44. The molecule has 1 aliphatic heterocycles. The second-order valence-electron chi connectivity index (χ2n) is 8.04. The number of carbonyl (C=O) groups excluding carboxylic acids is 2. The first-order valence-electron chi connectivity index (χ1n) is 10.8. The van der Waals surface area contributed by atoms with Crippen LogP contribution in [0.1, 0.15) is 22.9 Å². The molecule has 9 heteroatoms. The SMILES string of the molecule is COc1cccc(OC)c1/C(O)=C1\C(=O)C(=O)N(c2nc3ccc(C)cc3[nH]2)C1c1ccccn1. The number of rotatable bonds is 5. The molecule has 0 saturated carbocycles. The molecule has 0 aliphatic carbocycles. The van der Waals surface area contributed by atoms with E-state index in [2.05, 4.69) is 15.0 Å². The van der Waals surface area contributed by atoms with Crippen LogP contribution in [0.2, 0.25) is 0 Å². The van der Waals surface area contributed by atoms with E-state index >= 15 is 0 Å². The quantitative estimate of drug-likeness (QED) is 0.258. The average molecular weight is 470 g/mol. The minimum absolute atomic E-state index is 0.145. The van der Waals surface area contributed by atoms with Gasteiger partial charge in [-0.3, -0.25) is 19.5 Å². The van der Waals surface area contributed by atoms with Crippen molar-refractivity contribution < 1.29 is 24.2 Å². The van der Waals surface area contributed by atoms with Gasteiger partial charge in [0.25, 0.3) is 5.78 Å². The van der Waals surface area contributed by atoms with Gasteiger partial charge in [-0.1, -0.05) is 18.2 Å². The third kappa shape index (κ3) is 3.57. The molecule has 2 aromatic carbocycles. The highest BCUT2D eigenvalue weighted by Gasteiger charge is 2.49. The number of ketones is 1. The molecule has 35 heavy (non-hydrogen) atoms. The number of anilines is 1. The number of imidazole rings is 1. The van der Waals surface area contributed by atoms with Crippen molar-refractivity contribution >= 4 is 34.4 Å². The monoisotopic (exact) mass is 470 g/mol. The van der Waals surface area contributed by atoms with Gasteiger partial charge in [-0.25, -0.2) is 4.98 Å². The van der Waals surface area contributed by atoms with Crippen molar-refractivity contribution in [3.8, 4) is 11.5 Å². The molecule has 1 saturated heterocycles. The number of aromatic amines is 1. The number of benzene rings is 2. The number of carbonyl (C=O) groups is 2. The zero-order chi connectivity index (χ0) is 24.7. The smallest absolute Gasteiger partial charge is 0.302 e. The molecule has 1 aliphatic rings. The number of amides is 1. The maximum absolute atomic E-state index is 13.4. The summed E-state index contributed by atoms with van der Waals surface area (Å²) >= 11 is 0. The number of hydrogen-bond acceptors (Lipinski definition) is 7. The lowest BCUT2D eigenvalue weighted by atomic mass is 9.97. The molecule has 2 aromatic heterocycles. The summed E-state index contributed by atoms with van der Waals surface area (Å²) in [5.74, 6) is -1.40. The Balaban J connectivity index is 1.77. The van der Waals surface area contributed by atoms with E-state index in [1.54, 1.807) is 42.6 Å². The zero-order valence-corrected chi connectivity index (χ0v) is 19.3. The molecule has 3 heterocycles. The van der Waals surface area contributed by atoms with Gasteiger partial charge in [-0.15, -0.1) is 0 Å². The van der Waals surface area contributed by atoms with Gasteiger partial charge in [0.15, 0.2) is 0 Å². The van der Waals surface area contributed by atoms with Crippen molar-refractivity contribution in [1.29, 1.82) is 0 Å². The Bertz CT molecular complexity index is 1470. The van der Waals surface area contributed by atoms with E-state index < -0.39 is 23.5 Å². The summed E-state index contributed by atoms with van der Waals surface area (Å²) in [6.45, 7) is 1.95. The average Bonchev–Trinajstić information content (AvgIpc) is 3.41. The van der Waals surface area contributed by atoms with Gasteiger partial charge >= 0.3 is 5.91 Å². The Kier molecular flexibility index (Phi) is 5.44. The van der Waals surface area contributed by atoms with Gasteiger partial charge in [-0.05, 0) is 48.9 Å². The summed E-state index contributed by atoms with van der Waals surface area (Å²) in [4.78, 5) is 40.1. The Morgan fingerprint density at radius 3 is 2.43 bits per heavy atom. The number of fused-ring (bicyclic) bond motifs is 1. The van der Waals surface area contributed by atoms with Crippen molar-refractivity contribution in [3.05, 3.63) is 83.2 Å². The van der Waals surface area contributed by atoms with Gasteiger partial charge in [-0.2, -0.15) is 0 Å². The van der Waals surface area contributed by atoms with Gasteiger partial charge in [0, 0.05) is 6.20 Å². The number of aromatic nitrogens is 3. The maximum atomic E-state index is 13.4. The van der Waals surface area contributed by atoms with Crippen LogP contribution < -0.4 is 14.4 Å². The predicted octanol–water partition coefficient (Wildman–Crippen LogP) is 3.91. The van der Waals surface area contributed by atoms with Gasteiger partial charge in [0.2, 0.25) is 5.95 Å². The van der Waals surface area contributed by atoms with Crippen molar-refractivity contribution in [2.24, 2.45) is 0 Å². The molecule has 4 aromatic rings. The lowest BCUT2D eigenvalue weighted by Crippen LogP contribution is -2.30. The van der Waals surface area contributed by atoms with Crippen LogP contribution in [-0.2, 0) is 9.59 Å². The number of aliphatic hydroxyl groups excluding tert-OH is 1. The number of nitrogens with zero attached hydrogens (tertiary/aromatic N) is 3. The number of pyridine rings is 1. The summed E-state index contributed by atoms with van der Waals surface area (Å²) in [5, 5.41) is 11.5. The summed E-state index contributed by atoms with van der Waals surface area (Å²) in [6.07, 6.45) is 1.56. The predicted molar refractivity (Wildman–Crippen MR) is 129 cm³/mol. The molecular formula is C26H22N4O5. The maximum Gasteiger partial charge on any atom is 0.302 e. The summed E-state index contributed by atoms with van der Waals surface area (Å²) in [5.41, 5.74) is 2.77. The minimum Gasteiger partial charge on any atom is -0.506 e. The third-order valence-electron chi connectivity index (χ3n) is 5.93. The van der Waals surface area contributed by atoms with E-state index in [0.29, 0.717) is 16.7 Å². The van der Waals surface area contributed by atoms with Crippen LogP contribution in [0.15, 0.2) is 66.4 Å². The normalized spacial score (nSPS) is 17.2. The molecule has 176 valence electrons. The third-order valence-corrected chi connectivity index (χ3v) is 5.93. The van der Waals surface area contributed by atoms with Gasteiger partial charge < -0.3 is 19.6 Å². The molecule has 5 rings (SSSR count). The second-order valence-corrected chi connectivity index (χ2v) is 8.04. The Morgan fingerprint density at radius 1 is 1.03 bits per heavy atom. The second kappa shape index (κ2) is 8.60. The number of nitrogens with one attached hydrogen (secondary N) is 1. The molecule has 2 N–H and O–H groups in total. The first kappa shape index (κ1) is 22.1. The molecule has 1 amide bonds. The van der Waals surface area contributed by atoms with E-state index in [9.17, 15) is 14.7 Å². The van der Waals surface area contributed by atoms with Crippen LogP contribution in [0, 0.1) is 6.92 Å². The standard InChI is InChI=1S/C26H22N4O5/c1-14-10-11-15-17(13-14)29-26(28-15)30-22(16-7-4-5-12-27-16)21(24(32)25(30)33)23(31)20-18(34-2)8-6-9-19(20)35-3/h4-13,22,31H,1-3H3,(H,28,29)/b23-21+. The molecule has 1 fully saturated rings. The molecule has 1 atom stereocenters. The van der Waals surface area contributed by atoms with E-state index in [1.807, 2.05) is 25.1 Å². The summed E-state index contributed by atoms with van der Waals surface area (Å²) in [7, 11) is 2.88. The minimum atomic E-state index is -1.03. The Labute approximate surface area is 200 Å².